The number of allylic oxidation sites excluding steroid dienone is 2. The molecule has 0 heteroatoms. The van der Waals surface area contributed by atoms with Crippen LogP contribution in [0.4, 0.5) is 0 Å². The van der Waals surface area contributed by atoms with Gasteiger partial charge in [0.1, 0.15) is 0 Å². The molecule has 0 aromatic heterocycles. The average molecular weight is 200 g/mol. The summed E-state index contributed by atoms with van der Waals surface area (Å²) in [6.45, 7) is 15.0. The molecule has 1 rings (SSSR count). The van der Waals surface area contributed by atoms with Gasteiger partial charge in [0, 0.05) is 0 Å². The van der Waals surface area contributed by atoms with E-state index in [1.54, 1.807) is 0 Å². The molecular weight excluding hydrogens is 180 g/mol. The average Bonchev–Trinajstić information content (AvgIpc) is 2.31. The van der Waals surface area contributed by atoms with Crippen LogP contribution in [-0.4, -0.2) is 0 Å². The Kier molecular flexibility index (Phi) is 6.12. The minimum Gasteiger partial charge on any atom is -0.102 e. The molecule has 0 saturated heterocycles. The fraction of sp³-hybridized carbons (Fsp3) is 0.200. The van der Waals surface area contributed by atoms with Gasteiger partial charge in [-0.05, 0) is 11.0 Å². The van der Waals surface area contributed by atoms with Gasteiger partial charge in [0.05, 0.1) is 0 Å². The zero-order chi connectivity index (χ0) is 11.7. The Morgan fingerprint density at radius 1 is 0.933 bits per heavy atom. The van der Waals surface area contributed by atoms with E-state index in [-0.39, 0.29) is 5.41 Å². The number of rotatable bonds is 3. The van der Waals surface area contributed by atoms with Gasteiger partial charge in [-0.25, -0.2) is 0 Å². The van der Waals surface area contributed by atoms with Gasteiger partial charge in [0.25, 0.3) is 0 Å². The summed E-state index contributed by atoms with van der Waals surface area (Å²) in [6, 6.07) is 10.0. The minimum absolute atomic E-state index is 0.111. The fourth-order valence-corrected chi connectivity index (χ4v) is 0.672. The summed E-state index contributed by atoms with van der Waals surface area (Å²) in [4.78, 5) is 0. The van der Waals surface area contributed by atoms with Crippen LogP contribution in [0.3, 0.4) is 0 Å². The van der Waals surface area contributed by atoms with Crippen molar-refractivity contribution < 1.29 is 0 Å². The van der Waals surface area contributed by atoms with Crippen molar-refractivity contribution in [1.29, 1.82) is 0 Å². The second-order valence-corrected chi connectivity index (χ2v) is 3.84. The molecule has 0 saturated carbocycles. The van der Waals surface area contributed by atoms with Crippen LogP contribution >= 0.6 is 0 Å². The maximum Gasteiger partial charge on any atom is -0.0000946 e. The maximum atomic E-state index is 3.63. The first-order valence-corrected chi connectivity index (χ1v) is 5.00. The Hall–Kier alpha value is -1.56. The van der Waals surface area contributed by atoms with Crippen molar-refractivity contribution in [2.45, 2.75) is 13.8 Å². The first kappa shape index (κ1) is 13.4. The lowest BCUT2D eigenvalue weighted by Crippen LogP contribution is -1.99. The second kappa shape index (κ2) is 6.83. The van der Waals surface area contributed by atoms with Gasteiger partial charge in [-0.3, -0.25) is 0 Å². The highest BCUT2D eigenvalue weighted by Crippen LogP contribution is 2.15. The lowest BCUT2D eigenvalue weighted by molar-refractivity contribution is 0.630. The predicted molar refractivity (Wildman–Crippen MR) is 70.7 cm³/mol. The van der Waals surface area contributed by atoms with Crippen LogP contribution in [0, 0.1) is 5.41 Å². The van der Waals surface area contributed by atoms with Gasteiger partial charge in [0.2, 0.25) is 0 Å². The molecule has 0 N–H and O–H groups in total. The van der Waals surface area contributed by atoms with Gasteiger partial charge in [-0.2, -0.15) is 0 Å². The van der Waals surface area contributed by atoms with Crippen LogP contribution in [0.25, 0.3) is 6.08 Å². The Balaban J connectivity index is 0.000000265. The summed E-state index contributed by atoms with van der Waals surface area (Å²) in [5, 5.41) is 0. The largest absolute Gasteiger partial charge is 0.102 e. The van der Waals surface area contributed by atoms with E-state index in [0.717, 1.165) is 0 Å². The normalized spacial score (nSPS) is 9.47. The fourth-order valence-electron chi connectivity index (χ4n) is 0.672. The van der Waals surface area contributed by atoms with Crippen molar-refractivity contribution in [3.8, 4) is 0 Å². The molecule has 0 amide bonds. The van der Waals surface area contributed by atoms with E-state index in [1.807, 2.05) is 48.6 Å². The standard InChI is InChI=1S/C8H8.C7H12/c1-2-8-6-4-3-5-7-8;1-5-7(3,4)6-2/h2-7H,1H2;5-6H,1-2H2,3-4H3. The third kappa shape index (κ3) is 6.50. The number of hydrogen-bond acceptors (Lipinski definition) is 0. The molecule has 0 unspecified atom stereocenters. The van der Waals surface area contributed by atoms with E-state index >= 15 is 0 Å². The summed E-state index contributed by atoms with van der Waals surface area (Å²) in [5.41, 5.74) is 1.28. The third-order valence-electron chi connectivity index (χ3n) is 2.09. The van der Waals surface area contributed by atoms with Crippen molar-refractivity contribution in [3.05, 3.63) is 67.8 Å². The van der Waals surface area contributed by atoms with E-state index in [1.165, 1.54) is 5.56 Å². The van der Waals surface area contributed by atoms with E-state index in [0.29, 0.717) is 0 Å². The van der Waals surface area contributed by atoms with E-state index < -0.39 is 0 Å². The Bertz CT molecular complexity index is 294. The summed E-state index contributed by atoms with van der Waals surface area (Å²) >= 11 is 0. The molecule has 0 atom stereocenters. The zero-order valence-electron chi connectivity index (χ0n) is 9.74. The van der Waals surface area contributed by atoms with Crippen molar-refractivity contribution >= 4 is 6.08 Å². The Morgan fingerprint density at radius 2 is 1.40 bits per heavy atom. The number of hydrogen-bond donors (Lipinski definition) is 0. The quantitative estimate of drug-likeness (QED) is 0.620. The smallest absolute Gasteiger partial charge is 0.0000946 e. The highest BCUT2D eigenvalue weighted by Gasteiger charge is 2.03. The lowest BCUT2D eigenvalue weighted by atomic mass is 9.95. The monoisotopic (exact) mass is 200 g/mol. The second-order valence-electron chi connectivity index (χ2n) is 3.84. The molecule has 0 fully saturated rings. The summed E-state index contributed by atoms with van der Waals surface area (Å²) in [5.74, 6) is 0. The molecule has 0 aliphatic carbocycles. The highest BCUT2D eigenvalue weighted by molar-refractivity contribution is 5.45. The van der Waals surface area contributed by atoms with Crippen LogP contribution < -0.4 is 0 Å². The molecule has 0 radical (unpaired) electrons. The Labute approximate surface area is 93.7 Å². The molecule has 1 aromatic rings. The van der Waals surface area contributed by atoms with Crippen LogP contribution in [0.2, 0.25) is 0 Å². The first-order chi connectivity index (χ1) is 7.05. The summed E-state index contributed by atoms with van der Waals surface area (Å²) in [6.07, 6.45) is 5.58. The molecular formula is C15H20. The van der Waals surface area contributed by atoms with Gasteiger partial charge < -0.3 is 0 Å². The van der Waals surface area contributed by atoms with E-state index in [9.17, 15) is 0 Å². The lowest BCUT2D eigenvalue weighted by Gasteiger charge is -2.10. The molecule has 0 heterocycles. The van der Waals surface area contributed by atoms with E-state index in [4.69, 9.17) is 0 Å². The molecule has 15 heavy (non-hydrogen) atoms. The molecule has 1 aromatic carbocycles. The van der Waals surface area contributed by atoms with Gasteiger partial charge in [-0.15, -0.1) is 13.2 Å². The van der Waals surface area contributed by atoms with Crippen molar-refractivity contribution in [2.24, 2.45) is 5.41 Å². The van der Waals surface area contributed by atoms with Crippen LogP contribution in [0.1, 0.15) is 19.4 Å². The summed E-state index contributed by atoms with van der Waals surface area (Å²) in [7, 11) is 0. The first-order valence-electron chi connectivity index (χ1n) is 5.00. The van der Waals surface area contributed by atoms with Crippen molar-refractivity contribution in [3.63, 3.8) is 0 Å². The van der Waals surface area contributed by atoms with Crippen molar-refractivity contribution in [1.82, 2.24) is 0 Å². The molecule has 0 spiro atoms. The van der Waals surface area contributed by atoms with E-state index in [2.05, 4.69) is 33.6 Å². The molecule has 0 aliphatic rings. The minimum atomic E-state index is 0.111. The molecule has 0 nitrogen and oxygen atoms in total. The van der Waals surface area contributed by atoms with Crippen LogP contribution in [-0.2, 0) is 0 Å². The molecule has 0 bridgehead atoms. The zero-order valence-corrected chi connectivity index (χ0v) is 9.74. The van der Waals surface area contributed by atoms with Gasteiger partial charge >= 0.3 is 0 Å². The SMILES string of the molecule is C=CC(C)(C)C=C.C=Cc1ccccc1. The van der Waals surface area contributed by atoms with Gasteiger partial charge in [0.15, 0.2) is 0 Å². The van der Waals surface area contributed by atoms with Crippen molar-refractivity contribution in [2.75, 3.05) is 0 Å². The van der Waals surface area contributed by atoms with Crippen LogP contribution in [0.15, 0.2) is 62.2 Å². The predicted octanol–water partition coefficient (Wildman–Crippen LogP) is 4.71. The summed E-state index contributed by atoms with van der Waals surface area (Å²) < 4.78 is 0. The highest BCUT2D eigenvalue weighted by atomic mass is 14.1. The van der Waals surface area contributed by atoms with Gasteiger partial charge in [-0.1, -0.05) is 69.0 Å². The molecule has 80 valence electrons. The van der Waals surface area contributed by atoms with Crippen LogP contribution in [0.5, 0.6) is 0 Å². The maximum absolute atomic E-state index is 3.63. The molecule has 0 aliphatic heterocycles. The topological polar surface area (TPSA) is 0 Å². The third-order valence-corrected chi connectivity index (χ3v) is 2.09. The Morgan fingerprint density at radius 3 is 1.60 bits per heavy atom. The number of benzene rings is 1.